The predicted octanol–water partition coefficient (Wildman–Crippen LogP) is 2.22. The van der Waals surface area contributed by atoms with Crippen molar-refractivity contribution in [1.29, 1.82) is 0 Å². The van der Waals surface area contributed by atoms with Crippen LogP contribution in [0.25, 0.3) is 0 Å². The summed E-state index contributed by atoms with van der Waals surface area (Å²) in [6, 6.07) is 9.94. The van der Waals surface area contributed by atoms with Crippen LogP contribution in [-0.4, -0.2) is 17.4 Å². The second-order valence-corrected chi connectivity index (χ2v) is 3.17. The molecular weight excluding hydrogens is 174 g/mol. The zero-order chi connectivity index (χ0) is 10.4. The molecule has 0 radical (unpaired) electrons. The fourth-order valence-corrected chi connectivity index (χ4v) is 1.26. The zero-order valence-corrected chi connectivity index (χ0v) is 8.44. The van der Waals surface area contributed by atoms with E-state index in [4.69, 9.17) is 0 Å². The molecule has 1 aromatic carbocycles. The van der Waals surface area contributed by atoms with E-state index in [1.165, 1.54) is 0 Å². The van der Waals surface area contributed by atoms with Crippen molar-refractivity contribution in [2.24, 2.45) is 0 Å². The van der Waals surface area contributed by atoms with Crippen LogP contribution >= 0.6 is 0 Å². The summed E-state index contributed by atoms with van der Waals surface area (Å²) in [4.78, 5) is 13.0. The highest BCUT2D eigenvalue weighted by Gasteiger charge is 2.06. The second-order valence-electron chi connectivity index (χ2n) is 3.17. The summed E-state index contributed by atoms with van der Waals surface area (Å²) in [5.74, 6) is 0.0775. The minimum atomic E-state index is 0.0775. The zero-order valence-electron chi connectivity index (χ0n) is 8.44. The molecule has 0 saturated heterocycles. The highest BCUT2D eigenvalue weighted by atomic mass is 16.2. The minimum Gasteiger partial charge on any atom is -0.335 e. The number of nitrogens with zero attached hydrogens (tertiary/aromatic N) is 1. The number of carbonyl (C=O) groups is 1. The van der Waals surface area contributed by atoms with Gasteiger partial charge in [0.25, 0.3) is 0 Å². The van der Waals surface area contributed by atoms with E-state index in [1.54, 1.807) is 17.9 Å². The summed E-state index contributed by atoms with van der Waals surface area (Å²) in [5.41, 5.74) is 1.14. The van der Waals surface area contributed by atoms with Crippen LogP contribution in [0, 0.1) is 0 Å². The predicted molar refractivity (Wildman–Crippen MR) is 57.7 cm³/mol. The molecule has 74 valence electrons. The maximum Gasteiger partial charge on any atom is 0.220 e. The molecule has 1 amide bonds. The van der Waals surface area contributed by atoms with E-state index >= 15 is 0 Å². The monoisotopic (exact) mass is 189 g/mol. The van der Waals surface area contributed by atoms with Crippen molar-refractivity contribution in [3.8, 4) is 0 Å². The fraction of sp³-hybridized carbons (Fsp3) is 0.250. The molecule has 0 fully saturated rings. The third-order valence-electron chi connectivity index (χ3n) is 2.01. The van der Waals surface area contributed by atoms with Gasteiger partial charge >= 0.3 is 0 Å². The van der Waals surface area contributed by atoms with Crippen molar-refractivity contribution in [1.82, 2.24) is 4.90 Å². The van der Waals surface area contributed by atoms with E-state index in [0.717, 1.165) is 5.56 Å². The number of amides is 1. The van der Waals surface area contributed by atoms with E-state index in [9.17, 15) is 4.79 Å². The van der Waals surface area contributed by atoms with Crippen LogP contribution in [-0.2, 0) is 11.3 Å². The lowest BCUT2D eigenvalue weighted by Gasteiger charge is -2.18. The average molecular weight is 189 g/mol. The molecule has 1 aromatic rings. The van der Waals surface area contributed by atoms with Gasteiger partial charge in [0.15, 0.2) is 0 Å². The molecule has 0 bridgehead atoms. The van der Waals surface area contributed by atoms with E-state index in [2.05, 4.69) is 6.58 Å². The van der Waals surface area contributed by atoms with Crippen molar-refractivity contribution in [3.63, 3.8) is 0 Å². The Morgan fingerprint density at radius 2 is 2.07 bits per heavy atom. The summed E-state index contributed by atoms with van der Waals surface area (Å²) in [7, 11) is 0. The van der Waals surface area contributed by atoms with Crippen LogP contribution < -0.4 is 0 Å². The first-order valence-electron chi connectivity index (χ1n) is 4.64. The Balaban J connectivity index is 2.64. The Morgan fingerprint density at radius 1 is 1.43 bits per heavy atom. The van der Waals surface area contributed by atoms with Gasteiger partial charge in [-0.2, -0.15) is 0 Å². The third-order valence-corrected chi connectivity index (χ3v) is 2.01. The molecule has 2 nitrogen and oxygen atoms in total. The third kappa shape index (κ3) is 3.05. The maximum absolute atomic E-state index is 11.2. The van der Waals surface area contributed by atoms with E-state index < -0.39 is 0 Å². The van der Waals surface area contributed by atoms with Gasteiger partial charge in [0.05, 0.1) is 0 Å². The van der Waals surface area contributed by atoms with Gasteiger partial charge in [0, 0.05) is 20.0 Å². The van der Waals surface area contributed by atoms with Crippen molar-refractivity contribution in [2.75, 3.05) is 6.54 Å². The number of hydrogen-bond acceptors (Lipinski definition) is 1. The first-order valence-corrected chi connectivity index (χ1v) is 4.64. The van der Waals surface area contributed by atoms with Gasteiger partial charge in [-0.25, -0.2) is 0 Å². The summed E-state index contributed by atoms with van der Waals surface area (Å²) in [5, 5.41) is 0. The Labute approximate surface area is 84.9 Å². The van der Waals surface area contributed by atoms with Gasteiger partial charge in [0.1, 0.15) is 0 Å². The minimum absolute atomic E-state index is 0.0775. The van der Waals surface area contributed by atoms with Crippen LogP contribution in [0.5, 0.6) is 0 Å². The van der Waals surface area contributed by atoms with Crippen LogP contribution in [0.3, 0.4) is 0 Å². The summed E-state index contributed by atoms with van der Waals surface area (Å²) < 4.78 is 0. The molecule has 0 spiro atoms. The van der Waals surface area contributed by atoms with Crippen LogP contribution in [0.2, 0.25) is 0 Å². The summed E-state index contributed by atoms with van der Waals surface area (Å²) in [6.45, 7) is 6.46. The van der Waals surface area contributed by atoms with Crippen LogP contribution in [0.1, 0.15) is 12.5 Å². The smallest absolute Gasteiger partial charge is 0.220 e. The average Bonchev–Trinajstić information content (AvgIpc) is 2.18. The van der Waals surface area contributed by atoms with E-state index in [-0.39, 0.29) is 5.91 Å². The highest BCUT2D eigenvalue weighted by Crippen LogP contribution is 2.04. The Bertz CT molecular complexity index is 305. The lowest BCUT2D eigenvalue weighted by Crippen LogP contribution is -2.28. The topological polar surface area (TPSA) is 20.3 Å². The van der Waals surface area contributed by atoms with Crippen molar-refractivity contribution < 1.29 is 4.79 Å². The Hall–Kier alpha value is -1.57. The van der Waals surface area contributed by atoms with Crippen LogP contribution in [0.4, 0.5) is 0 Å². The summed E-state index contributed by atoms with van der Waals surface area (Å²) >= 11 is 0. The summed E-state index contributed by atoms with van der Waals surface area (Å²) in [6.07, 6.45) is 1.74. The number of benzene rings is 1. The standard InChI is InChI=1S/C12H15NO/c1-3-9-13(11(2)14)10-12-7-5-4-6-8-12/h3-8H,1,9-10H2,2H3. The molecular formula is C12H15NO. The molecule has 0 saturated carbocycles. The van der Waals surface area contributed by atoms with Gasteiger partial charge in [-0.15, -0.1) is 6.58 Å². The second kappa shape index (κ2) is 5.22. The Kier molecular flexibility index (Phi) is 3.92. The molecule has 0 unspecified atom stereocenters. The number of rotatable bonds is 4. The molecule has 0 N–H and O–H groups in total. The SMILES string of the molecule is C=CCN(Cc1ccccc1)C(C)=O. The molecule has 0 heterocycles. The van der Waals surface area contributed by atoms with Gasteiger partial charge in [-0.3, -0.25) is 4.79 Å². The molecule has 0 aliphatic heterocycles. The normalized spacial score (nSPS) is 9.50. The number of hydrogen-bond donors (Lipinski definition) is 0. The van der Waals surface area contributed by atoms with Gasteiger partial charge in [0.2, 0.25) is 5.91 Å². The molecule has 0 aliphatic rings. The van der Waals surface area contributed by atoms with E-state index in [0.29, 0.717) is 13.1 Å². The van der Waals surface area contributed by atoms with Crippen molar-refractivity contribution in [2.45, 2.75) is 13.5 Å². The molecule has 0 aliphatic carbocycles. The van der Waals surface area contributed by atoms with Crippen molar-refractivity contribution in [3.05, 3.63) is 48.6 Å². The molecule has 1 rings (SSSR count). The maximum atomic E-state index is 11.2. The van der Waals surface area contributed by atoms with Gasteiger partial charge < -0.3 is 4.90 Å². The lowest BCUT2D eigenvalue weighted by atomic mass is 10.2. The molecule has 0 aromatic heterocycles. The quantitative estimate of drug-likeness (QED) is 0.665. The number of carbonyl (C=O) groups excluding carboxylic acids is 1. The first-order chi connectivity index (χ1) is 6.74. The highest BCUT2D eigenvalue weighted by molar-refractivity contribution is 5.73. The molecule has 0 atom stereocenters. The van der Waals surface area contributed by atoms with E-state index in [1.807, 2.05) is 30.3 Å². The Morgan fingerprint density at radius 3 is 2.57 bits per heavy atom. The first kappa shape index (κ1) is 10.5. The van der Waals surface area contributed by atoms with Gasteiger partial charge in [-0.05, 0) is 5.56 Å². The van der Waals surface area contributed by atoms with Crippen LogP contribution in [0.15, 0.2) is 43.0 Å². The van der Waals surface area contributed by atoms with Gasteiger partial charge in [-0.1, -0.05) is 36.4 Å². The molecule has 14 heavy (non-hydrogen) atoms. The largest absolute Gasteiger partial charge is 0.335 e. The fourth-order valence-electron chi connectivity index (χ4n) is 1.26. The molecule has 2 heteroatoms. The lowest BCUT2D eigenvalue weighted by molar-refractivity contribution is -0.128. The van der Waals surface area contributed by atoms with Crippen molar-refractivity contribution >= 4 is 5.91 Å².